The van der Waals surface area contributed by atoms with Crippen molar-refractivity contribution in [3.63, 3.8) is 0 Å². The standard InChI is InChI=1S/C15H20N2O2/c1-10-6-13(15(18)19)7-16-14(10)17(8-11-2-3-11)9-12-4-5-12/h6-7,11-12H,2-5,8-9H2,1H3,(H,18,19). The van der Waals surface area contributed by atoms with Crippen LogP contribution >= 0.6 is 0 Å². The van der Waals surface area contributed by atoms with Gasteiger partial charge in [0.15, 0.2) is 0 Å². The Morgan fingerprint density at radius 3 is 2.32 bits per heavy atom. The zero-order valence-electron chi connectivity index (χ0n) is 11.3. The minimum absolute atomic E-state index is 0.277. The summed E-state index contributed by atoms with van der Waals surface area (Å²) in [7, 11) is 0. The molecule has 2 aliphatic carbocycles. The summed E-state index contributed by atoms with van der Waals surface area (Å²) >= 11 is 0. The maximum absolute atomic E-state index is 11.0. The molecule has 4 heteroatoms. The van der Waals surface area contributed by atoms with E-state index in [4.69, 9.17) is 5.11 Å². The van der Waals surface area contributed by atoms with Crippen LogP contribution in [-0.2, 0) is 0 Å². The highest BCUT2D eigenvalue weighted by Gasteiger charge is 2.30. The van der Waals surface area contributed by atoms with E-state index in [1.807, 2.05) is 6.92 Å². The van der Waals surface area contributed by atoms with E-state index in [-0.39, 0.29) is 5.56 Å². The van der Waals surface area contributed by atoms with E-state index in [1.54, 1.807) is 6.07 Å². The molecule has 0 unspecified atom stereocenters. The summed E-state index contributed by atoms with van der Waals surface area (Å²) in [5, 5.41) is 9.00. The van der Waals surface area contributed by atoms with Gasteiger partial charge < -0.3 is 10.0 Å². The summed E-state index contributed by atoms with van der Waals surface area (Å²) in [5.74, 6) is 1.71. The molecular weight excluding hydrogens is 240 g/mol. The highest BCUT2D eigenvalue weighted by molar-refractivity contribution is 5.87. The van der Waals surface area contributed by atoms with Gasteiger partial charge in [-0.1, -0.05) is 0 Å². The molecule has 4 nitrogen and oxygen atoms in total. The fourth-order valence-corrected chi connectivity index (χ4v) is 2.49. The number of aromatic nitrogens is 1. The summed E-state index contributed by atoms with van der Waals surface area (Å²) in [6, 6.07) is 1.73. The van der Waals surface area contributed by atoms with E-state index in [2.05, 4.69) is 9.88 Å². The van der Waals surface area contributed by atoms with Gasteiger partial charge in [0.1, 0.15) is 5.82 Å². The summed E-state index contributed by atoms with van der Waals surface area (Å²) in [5.41, 5.74) is 1.25. The Bertz CT molecular complexity index is 479. The molecule has 2 saturated carbocycles. The van der Waals surface area contributed by atoms with Crippen molar-refractivity contribution in [2.45, 2.75) is 32.6 Å². The van der Waals surface area contributed by atoms with Crippen molar-refractivity contribution in [2.75, 3.05) is 18.0 Å². The summed E-state index contributed by atoms with van der Waals surface area (Å²) in [6.07, 6.45) is 6.79. The van der Waals surface area contributed by atoms with Crippen molar-refractivity contribution in [3.05, 3.63) is 23.4 Å². The maximum Gasteiger partial charge on any atom is 0.337 e. The van der Waals surface area contributed by atoms with Gasteiger partial charge in [0.25, 0.3) is 0 Å². The van der Waals surface area contributed by atoms with Gasteiger partial charge in [-0.3, -0.25) is 0 Å². The number of pyridine rings is 1. The third-order valence-corrected chi connectivity index (χ3v) is 3.95. The monoisotopic (exact) mass is 260 g/mol. The van der Waals surface area contributed by atoms with Crippen molar-refractivity contribution >= 4 is 11.8 Å². The van der Waals surface area contributed by atoms with Gasteiger partial charge in [0.05, 0.1) is 5.56 Å². The molecule has 102 valence electrons. The van der Waals surface area contributed by atoms with Crippen molar-refractivity contribution in [1.29, 1.82) is 0 Å². The molecule has 0 aliphatic heterocycles. The van der Waals surface area contributed by atoms with Crippen LogP contribution in [0.1, 0.15) is 41.6 Å². The molecule has 0 aromatic carbocycles. The van der Waals surface area contributed by atoms with E-state index in [1.165, 1.54) is 31.9 Å². The molecule has 0 radical (unpaired) electrons. The zero-order valence-corrected chi connectivity index (χ0v) is 11.3. The molecule has 2 fully saturated rings. The van der Waals surface area contributed by atoms with Crippen LogP contribution in [0.4, 0.5) is 5.82 Å². The van der Waals surface area contributed by atoms with Gasteiger partial charge in [-0.05, 0) is 56.1 Å². The molecule has 0 spiro atoms. The smallest absolute Gasteiger partial charge is 0.337 e. The van der Waals surface area contributed by atoms with Crippen molar-refractivity contribution in [1.82, 2.24) is 4.98 Å². The van der Waals surface area contributed by atoms with Crippen molar-refractivity contribution in [2.24, 2.45) is 11.8 Å². The second-order valence-corrected chi connectivity index (χ2v) is 5.96. The molecule has 0 atom stereocenters. The fourth-order valence-electron chi connectivity index (χ4n) is 2.49. The predicted octanol–water partition coefficient (Wildman–Crippen LogP) is 2.71. The fraction of sp³-hybridized carbons (Fsp3) is 0.600. The summed E-state index contributed by atoms with van der Waals surface area (Å²) in [6.45, 7) is 4.12. The quantitative estimate of drug-likeness (QED) is 0.854. The van der Waals surface area contributed by atoms with Crippen molar-refractivity contribution < 1.29 is 9.90 Å². The largest absolute Gasteiger partial charge is 0.478 e. The van der Waals surface area contributed by atoms with Crippen LogP contribution in [-0.4, -0.2) is 29.1 Å². The SMILES string of the molecule is Cc1cc(C(=O)O)cnc1N(CC1CC1)CC1CC1. The lowest BCUT2D eigenvalue weighted by molar-refractivity contribution is 0.0696. The van der Waals surface area contributed by atoms with E-state index in [0.29, 0.717) is 0 Å². The minimum atomic E-state index is -0.905. The Hall–Kier alpha value is -1.58. The predicted molar refractivity (Wildman–Crippen MR) is 73.6 cm³/mol. The number of rotatable bonds is 6. The topological polar surface area (TPSA) is 53.4 Å². The first kappa shape index (κ1) is 12.5. The molecule has 0 saturated heterocycles. The molecule has 0 bridgehead atoms. The van der Waals surface area contributed by atoms with Gasteiger partial charge in [-0.15, -0.1) is 0 Å². The van der Waals surface area contributed by atoms with Crippen LogP contribution in [0.25, 0.3) is 0 Å². The number of aromatic carboxylic acids is 1. The van der Waals surface area contributed by atoms with E-state index in [0.717, 1.165) is 36.3 Å². The normalized spacial score (nSPS) is 18.4. The van der Waals surface area contributed by atoms with Crippen molar-refractivity contribution in [3.8, 4) is 0 Å². The first-order valence-electron chi connectivity index (χ1n) is 7.08. The Balaban J connectivity index is 1.80. The third kappa shape index (κ3) is 3.06. The van der Waals surface area contributed by atoms with Crippen LogP contribution in [0.2, 0.25) is 0 Å². The number of hydrogen-bond donors (Lipinski definition) is 1. The van der Waals surface area contributed by atoms with E-state index < -0.39 is 5.97 Å². The van der Waals surface area contributed by atoms with Crippen LogP contribution in [0.15, 0.2) is 12.3 Å². The summed E-state index contributed by atoms with van der Waals surface area (Å²) in [4.78, 5) is 17.7. The van der Waals surface area contributed by atoms with E-state index >= 15 is 0 Å². The Labute approximate surface area is 113 Å². The number of carboxylic acid groups (broad SMARTS) is 1. The first-order valence-corrected chi connectivity index (χ1v) is 7.08. The number of hydrogen-bond acceptors (Lipinski definition) is 3. The molecule has 1 aromatic rings. The first-order chi connectivity index (χ1) is 9.13. The number of carbonyl (C=O) groups is 1. The average Bonchev–Trinajstić information content (AvgIpc) is 3.23. The second kappa shape index (κ2) is 4.83. The minimum Gasteiger partial charge on any atom is -0.478 e. The molecule has 1 N–H and O–H groups in total. The van der Waals surface area contributed by atoms with E-state index in [9.17, 15) is 4.79 Å². The zero-order chi connectivity index (χ0) is 13.4. The van der Waals surface area contributed by atoms with Gasteiger partial charge in [0.2, 0.25) is 0 Å². The van der Waals surface area contributed by atoms with Gasteiger partial charge in [-0.2, -0.15) is 0 Å². The number of aryl methyl sites for hydroxylation is 1. The average molecular weight is 260 g/mol. The Kier molecular flexibility index (Phi) is 3.17. The Morgan fingerprint density at radius 2 is 1.89 bits per heavy atom. The van der Waals surface area contributed by atoms with Gasteiger partial charge >= 0.3 is 5.97 Å². The lowest BCUT2D eigenvalue weighted by atomic mass is 10.2. The molecule has 0 amide bonds. The highest BCUT2D eigenvalue weighted by Crippen LogP contribution is 2.36. The summed E-state index contributed by atoms with van der Waals surface area (Å²) < 4.78 is 0. The number of anilines is 1. The number of carboxylic acids is 1. The molecule has 1 aromatic heterocycles. The van der Waals surface area contributed by atoms with Crippen LogP contribution in [0.3, 0.4) is 0 Å². The molecule has 1 heterocycles. The van der Waals surface area contributed by atoms with Crippen LogP contribution < -0.4 is 4.90 Å². The van der Waals surface area contributed by atoms with Crippen LogP contribution in [0.5, 0.6) is 0 Å². The molecule has 2 aliphatic rings. The second-order valence-electron chi connectivity index (χ2n) is 5.96. The molecule has 19 heavy (non-hydrogen) atoms. The number of nitrogens with zero attached hydrogens (tertiary/aromatic N) is 2. The lowest BCUT2D eigenvalue weighted by Gasteiger charge is -2.25. The third-order valence-electron chi connectivity index (χ3n) is 3.95. The molecule has 3 rings (SSSR count). The molecular formula is C15H20N2O2. The lowest BCUT2D eigenvalue weighted by Crippen LogP contribution is -2.29. The maximum atomic E-state index is 11.0. The van der Waals surface area contributed by atoms with Gasteiger partial charge in [-0.25, -0.2) is 9.78 Å². The highest BCUT2D eigenvalue weighted by atomic mass is 16.4. The Morgan fingerprint density at radius 1 is 1.32 bits per heavy atom. The van der Waals surface area contributed by atoms with Gasteiger partial charge in [0, 0.05) is 19.3 Å². The van der Waals surface area contributed by atoms with Crippen LogP contribution in [0, 0.1) is 18.8 Å².